The van der Waals surface area contributed by atoms with E-state index in [0.717, 1.165) is 23.1 Å². The first-order valence-electron chi connectivity index (χ1n) is 10.6. The van der Waals surface area contributed by atoms with Crippen molar-refractivity contribution in [3.8, 4) is 11.5 Å². The largest absolute Gasteiger partial charge is 0.490 e. The van der Waals surface area contributed by atoms with E-state index in [-0.39, 0.29) is 23.5 Å². The van der Waals surface area contributed by atoms with E-state index in [4.69, 9.17) is 14.2 Å². The summed E-state index contributed by atoms with van der Waals surface area (Å²) in [5.41, 5.74) is 0.682. The van der Waals surface area contributed by atoms with Crippen molar-refractivity contribution in [2.75, 3.05) is 39.5 Å². The molecule has 32 heavy (non-hydrogen) atoms. The number of nitrogens with zero attached hydrogens (tertiary/aromatic N) is 2. The van der Waals surface area contributed by atoms with Crippen LogP contribution in [0.2, 0.25) is 0 Å². The van der Waals surface area contributed by atoms with Gasteiger partial charge in [0.25, 0.3) is 11.1 Å². The lowest BCUT2D eigenvalue weighted by atomic mass is 10.1. The zero-order chi connectivity index (χ0) is 23.3. The Morgan fingerprint density at radius 3 is 2.66 bits per heavy atom. The number of imide groups is 1. The van der Waals surface area contributed by atoms with E-state index in [9.17, 15) is 14.4 Å². The molecule has 10 heteroatoms. The minimum absolute atomic E-state index is 0.0110. The van der Waals surface area contributed by atoms with Crippen molar-refractivity contribution in [1.82, 2.24) is 9.80 Å². The number of amides is 3. The van der Waals surface area contributed by atoms with E-state index in [0.29, 0.717) is 54.4 Å². The summed E-state index contributed by atoms with van der Waals surface area (Å²) in [7, 11) is 0. The third kappa shape index (κ3) is 5.85. The lowest BCUT2D eigenvalue weighted by Gasteiger charge is -2.28. The number of ether oxygens (including phenoxy) is 3. The average molecular weight is 527 g/mol. The highest BCUT2D eigenvalue weighted by atomic mass is 79.9. The van der Waals surface area contributed by atoms with Crippen LogP contribution in [0.1, 0.15) is 32.8 Å². The van der Waals surface area contributed by atoms with Crippen LogP contribution in [-0.4, -0.2) is 72.4 Å². The fraction of sp³-hybridized carbons (Fsp3) is 0.500. The molecule has 2 aliphatic heterocycles. The lowest BCUT2D eigenvalue weighted by molar-refractivity contribution is -0.139. The number of halogens is 1. The van der Waals surface area contributed by atoms with Crippen molar-refractivity contribution in [3.63, 3.8) is 0 Å². The van der Waals surface area contributed by atoms with Crippen LogP contribution < -0.4 is 9.47 Å². The maximum Gasteiger partial charge on any atom is 0.294 e. The summed E-state index contributed by atoms with van der Waals surface area (Å²) in [4.78, 5) is 40.6. The molecule has 8 nitrogen and oxygen atoms in total. The molecular weight excluding hydrogens is 500 g/mol. The molecule has 2 fully saturated rings. The Morgan fingerprint density at radius 2 is 2.00 bits per heavy atom. The van der Waals surface area contributed by atoms with Gasteiger partial charge in [-0.15, -0.1) is 0 Å². The van der Waals surface area contributed by atoms with Crippen LogP contribution in [0.5, 0.6) is 11.5 Å². The fourth-order valence-electron chi connectivity index (χ4n) is 3.17. The molecule has 0 spiro atoms. The molecule has 3 rings (SSSR count). The molecule has 0 aliphatic carbocycles. The van der Waals surface area contributed by atoms with E-state index >= 15 is 0 Å². The molecule has 0 saturated carbocycles. The summed E-state index contributed by atoms with van der Waals surface area (Å²) in [6, 6.07) is 3.59. The maximum atomic E-state index is 12.8. The van der Waals surface area contributed by atoms with Gasteiger partial charge in [0.2, 0.25) is 5.91 Å². The zero-order valence-electron chi connectivity index (χ0n) is 18.4. The molecule has 1 aromatic carbocycles. The minimum Gasteiger partial charge on any atom is -0.490 e. The van der Waals surface area contributed by atoms with Gasteiger partial charge in [-0.1, -0.05) is 6.92 Å². The Labute approximate surface area is 200 Å². The molecule has 0 radical (unpaired) electrons. The number of hydrogen-bond donors (Lipinski definition) is 0. The number of morpholine rings is 1. The van der Waals surface area contributed by atoms with E-state index in [2.05, 4.69) is 15.9 Å². The van der Waals surface area contributed by atoms with E-state index in [1.54, 1.807) is 17.0 Å². The molecule has 0 bridgehead atoms. The molecule has 2 heterocycles. The van der Waals surface area contributed by atoms with Gasteiger partial charge in [-0.3, -0.25) is 19.3 Å². The normalized spacial score (nSPS) is 18.9. The second-order valence-electron chi connectivity index (χ2n) is 7.36. The molecule has 1 aromatic rings. The molecule has 0 aromatic heterocycles. The van der Waals surface area contributed by atoms with Gasteiger partial charge in [0.1, 0.15) is 6.54 Å². The van der Waals surface area contributed by atoms with Gasteiger partial charge in [-0.05, 0) is 71.7 Å². The summed E-state index contributed by atoms with van der Waals surface area (Å²) >= 11 is 4.35. The molecular formula is C22H27BrN2O6S. The van der Waals surface area contributed by atoms with Crippen molar-refractivity contribution >= 4 is 50.8 Å². The number of hydrogen-bond acceptors (Lipinski definition) is 7. The Hall–Kier alpha value is -2.04. The van der Waals surface area contributed by atoms with Gasteiger partial charge < -0.3 is 19.1 Å². The molecule has 2 aliphatic rings. The average Bonchev–Trinajstić information content (AvgIpc) is 3.04. The second-order valence-corrected chi connectivity index (χ2v) is 9.21. The van der Waals surface area contributed by atoms with Crippen molar-refractivity contribution in [3.05, 3.63) is 27.1 Å². The molecule has 0 N–H and O–H groups in total. The number of benzene rings is 1. The number of carbonyl (C=O) groups is 3. The first-order chi connectivity index (χ1) is 15.3. The lowest BCUT2D eigenvalue weighted by Crippen LogP contribution is -2.46. The molecule has 0 unspecified atom stereocenters. The SMILES string of the molecule is CCOc1cc(/C=C2/SC(=O)N(CC(=O)N3CCOCC3)C2=O)cc(Br)c1O[C@@H](C)CC. The highest BCUT2D eigenvalue weighted by Crippen LogP contribution is 2.40. The third-order valence-electron chi connectivity index (χ3n) is 5.05. The van der Waals surface area contributed by atoms with Crippen LogP contribution in [0.3, 0.4) is 0 Å². The summed E-state index contributed by atoms with van der Waals surface area (Å²) in [5, 5.41) is -0.455. The fourth-order valence-corrected chi connectivity index (χ4v) is 4.56. The highest BCUT2D eigenvalue weighted by molar-refractivity contribution is 9.10. The van der Waals surface area contributed by atoms with Gasteiger partial charge in [0, 0.05) is 13.1 Å². The van der Waals surface area contributed by atoms with E-state index < -0.39 is 11.1 Å². The maximum absolute atomic E-state index is 12.8. The van der Waals surface area contributed by atoms with E-state index in [1.165, 1.54) is 0 Å². The van der Waals surface area contributed by atoms with Crippen molar-refractivity contribution in [2.45, 2.75) is 33.3 Å². The summed E-state index contributed by atoms with van der Waals surface area (Å²) in [6.07, 6.45) is 2.48. The molecule has 3 amide bonds. The Bertz CT molecular complexity index is 916. The predicted octanol–water partition coefficient (Wildman–Crippen LogP) is 3.92. The van der Waals surface area contributed by atoms with Crippen molar-refractivity contribution in [1.29, 1.82) is 0 Å². The quantitative estimate of drug-likeness (QED) is 0.474. The Balaban J connectivity index is 1.79. The summed E-state index contributed by atoms with van der Waals surface area (Å²) in [6.45, 7) is 7.92. The number of carbonyl (C=O) groups excluding carboxylic acids is 3. The summed E-state index contributed by atoms with van der Waals surface area (Å²) in [5.74, 6) is 0.415. The monoisotopic (exact) mass is 526 g/mol. The predicted molar refractivity (Wildman–Crippen MR) is 126 cm³/mol. The highest BCUT2D eigenvalue weighted by Gasteiger charge is 2.37. The Kier molecular flexibility index (Phi) is 8.61. The molecule has 1 atom stereocenters. The third-order valence-corrected chi connectivity index (χ3v) is 6.55. The second kappa shape index (κ2) is 11.2. The van der Waals surface area contributed by atoms with Gasteiger partial charge in [0.15, 0.2) is 11.5 Å². The minimum atomic E-state index is -0.476. The van der Waals surface area contributed by atoms with Crippen LogP contribution in [-0.2, 0) is 14.3 Å². The van der Waals surface area contributed by atoms with Crippen LogP contribution in [0, 0.1) is 0 Å². The van der Waals surface area contributed by atoms with Crippen LogP contribution >= 0.6 is 27.7 Å². The van der Waals surface area contributed by atoms with Gasteiger partial charge in [0.05, 0.1) is 35.3 Å². The number of thioether (sulfide) groups is 1. The van der Waals surface area contributed by atoms with Crippen molar-refractivity contribution in [2.24, 2.45) is 0 Å². The number of rotatable bonds is 8. The first kappa shape index (κ1) is 24.6. The van der Waals surface area contributed by atoms with Crippen molar-refractivity contribution < 1.29 is 28.6 Å². The van der Waals surface area contributed by atoms with Crippen LogP contribution in [0.25, 0.3) is 6.08 Å². The first-order valence-corrected chi connectivity index (χ1v) is 12.2. The molecule has 2 saturated heterocycles. The van der Waals surface area contributed by atoms with Crippen LogP contribution in [0.4, 0.5) is 4.79 Å². The smallest absolute Gasteiger partial charge is 0.294 e. The summed E-state index contributed by atoms with van der Waals surface area (Å²) < 4.78 is 17.7. The van der Waals surface area contributed by atoms with Gasteiger partial charge in [-0.2, -0.15) is 0 Å². The van der Waals surface area contributed by atoms with Gasteiger partial charge in [-0.25, -0.2) is 0 Å². The standard InChI is InChI=1S/C22H27BrN2O6S/c1-4-14(3)31-20-16(23)10-15(11-17(20)30-5-2)12-18-21(27)25(22(28)32-18)13-19(26)24-6-8-29-9-7-24/h10-12,14H,4-9,13H2,1-3H3/b18-12+/t14-/m0/s1. The van der Waals surface area contributed by atoms with Gasteiger partial charge >= 0.3 is 0 Å². The molecule has 174 valence electrons. The topological polar surface area (TPSA) is 85.4 Å². The van der Waals surface area contributed by atoms with Crippen LogP contribution in [0.15, 0.2) is 21.5 Å². The van der Waals surface area contributed by atoms with E-state index in [1.807, 2.05) is 26.8 Å². The zero-order valence-corrected chi connectivity index (χ0v) is 20.8. The Morgan fingerprint density at radius 1 is 1.28 bits per heavy atom.